The van der Waals surface area contributed by atoms with Gasteiger partial charge in [-0.3, -0.25) is 0 Å². The second-order valence-corrected chi connectivity index (χ2v) is 6.98. The first kappa shape index (κ1) is 14.6. The van der Waals surface area contributed by atoms with Crippen LogP contribution in [0.15, 0.2) is 53.0 Å². The number of fused-ring (bicyclic) bond motifs is 1. The molecule has 1 aliphatic heterocycles. The zero-order chi connectivity index (χ0) is 14.9. The van der Waals surface area contributed by atoms with Crippen molar-refractivity contribution in [3.63, 3.8) is 0 Å². The molecule has 0 bridgehead atoms. The average Bonchev–Trinajstić information content (AvgIpc) is 2.45. The molecule has 3 rings (SSSR count). The van der Waals surface area contributed by atoms with Crippen molar-refractivity contribution in [2.75, 3.05) is 0 Å². The van der Waals surface area contributed by atoms with Gasteiger partial charge in [0.25, 0.3) is 0 Å². The number of nitrogens with one attached hydrogen (secondary N) is 1. The molecule has 3 heteroatoms. The van der Waals surface area contributed by atoms with Crippen LogP contribution in [-0.4, -0.2) is 5.60 Å². The molecule has 0 radical (unpaired) electrons. The molecule has 1 heterocycles. The first-order valence-corrected chi connectivity index (χ1v) is 8.09. The Morgan fingerprint density at radius 3 is 2.67 bits per heavy atom. The van der Waals surface area contributed by atoms with E-state index in [-0.39, 0.29) is 5.60 Å². The van der Waals surface area contributed by atoms with E-state index in [0.717, 1.165) is 23.2 Å². The van der Waals surface area contributed by atoms with Gasteiger partial charge in [0.2, 0.25) is 0 Å². The summed E-state index contributed by atoms with van der Waals surface area (Å²) in [4.78, 5) is 0. The summed E-state index contributed by atoms with van der Waals surface area (Å²) in [5.74, 6) is 0.998. The first-order valence-electron chi connectivity index (χ1n) is 7.30. The van der Waals surface area contributed by atoms with Crippen LogP contribution in [0.2, 0.25) is 0 Å². The second kappa shape index (κ2) is 5.82. The molecule has 1 aliphatic rings. The molecule has 2 aromatic rings. The normalized spacial score (nSPS) is 19.7. The van der Waals surface area contributed by atoms with Crippen molar-refractivity contribution in [1.82, 2.24) is 5.32 Å². The lowest BCUT2D eigenvalue weighted by atomic mass is 9.89. The van der Waals surface area contributed by atoms with Crippen LogP contribution in [0, 0.1) is 0 Å². The maximum absolute atomic E-state index is 6.08. The molecule has 0 aliphatic carbocycles. The Kier molecular flexibility index (Phi) is 4.05. The average molecular weight is 346 g/mol. The molecule has 2 nitrogen and oxygen atoms in total. The summed E-state index contributed by atoms with van der Waals surface area (Å²) in [5.41, 5.74) is 2.39. The maximum atomic E-state index is 6.08. The van der Waals surface area contributed by atoms with Crippen LogP contribution in [0.3, 0.4) is 0 Å². The molecular weight excluding hydrogens is 326 g/mol. The molecule has 1 atom stereocenters. The van der Waals surface area contributed by atoms with Crippen molar-refractivity contribution in [3.05, 3.63) is 64.1 Å². The largest absolute Gasteiger partial charge is 0.487 e. The van der Waals surface area contributed by atoms with Crippen LogP contribution < -0.4 is 10.1 Å². The summed E-state index contributed by atoms with van der Waals surface area (Å²) in [7, 11) is 0. The quantitative estimate of drug-likeness (QED) is 0.859. The first-order chi connectivity index (χ1) is 10.1. The zero-order valence-electron chi connectivity index (χ0n) is 12.4. The maximum Gasteiger partial charge on any atom is 0.124 e. The number of halogens is 1. The van der Waals surface area contributed by atoms with Crippen molar-refractivity contribution >= 4 is 15.9 Å². The van der Waals surface area contributed by atoms with E-state index in [1.54, 1.807) is 0 Å². The highest BCUT2D eigenvalue weighted by Crippen LogP contribution is 2.39. The van der Waals surface area contributed by atoms with Crippen LogP contribution >= 0.6 is 15.9 Å². The standard InChI is InChI=1S/C18H20BrNO/c1-18(2)11-16(14-8-4-6-10-17(14)21-18)20-12-13-7-3-5-9-15(13)19/h3-10,16,20H,11-12H2,1-2H3. The smallest absolute Gasteiger partial charge is 0.124 e. The fraction of sp³-hybridized carbons (Fsp3) is 0.333. The minimum Gasteiger partial charge on any atom is -0.487 e. The Labute approximate surface area is 134 Å². The molecule has 2 aromatic carbocycles. The van der Waals surface area contributed by atoms with Gasteiger partial charge in [-0.05, 0) is 31.5 Å². The van der Waals surface area contributed by atoms with Crippen molar-refractivity contribution in [2.24, 2.45) is 0 Å². The number of ether oxygens (including phenoxy) is 1. The van der Waals surface area contributed by atoms with Gasteiger partial charge in [0.05, 0.1) is 0 Å². The Morgan fingerprint density at radius 2 is 1.86 bits per heavy atom. The van der Waals surface area contributed by atoms with Gasteiger partial charge >= 0.3 is 0 Å². The van der Waals surface area contributed by atoms with E-state index in [1.807, 2.05) is 12.1 Å². The predicted molar refractivity (Wildman–Crippen MR) is 89.5 cm³/mol. The third kappa shape index (κ3) is 3.30. The van der Waals surface area contributed by atoms with Gasteiger partial charge < -0.3 is 10.1 Å². The third-order valence-electron chi connectivity index (χ3n) is 3.87. The molecule has 0 amide bonds. The lowest BCUT2D eigenvalue weighted by molar-refractivity contribution is 0.0657. The van der Waals surface area contributed by atoms with Gasteiger partial charge in [-0.25, -0.2) is 0 Å². The Hall–Kier alpha value is -1.32. The van der Waals surface area contributed by atoms with Crippen LogP contribution in [0.1, 0.15) is 37.4 Å². The van der Waals surface area contributed by atoms with Gasteiger partial charge in [-0.2, -0.15) is 0 Å². The second-order valence-electron chi connectivity index (χ2n) is 6.13. The molecule has 110 valence electrons. The number of hydrogen-bond donors (Lipinski definition) is 1. The monoisotopic (exact) mass is 345 g/mol. The number of hydrogen-bond acceptors (Lipinski definition) is 2. The van der Waals surface area contributed by atoms with E-state index in [9.17, 15) is 0 Å². The molecule has 1 unspecified atom stereocenters. The summed E-state index contributed by atoms with van der Waals surface area (Å²) in [6.45, 7) is 5.14. The molecule has 0 saturated carbocycles. The molecule has 0 spiro atoms. The van der Waals surface area contributed by atoms with Crippen molar-refractivity contribution in [1.29, 1.82) is 0 Å². The summed E-state index contributed by atoms with van der Waals surface area (Å²) < 4.78 is 7.23. The SMILES string of the molecule is CC1(C)CC(NCc2ccccc2Br)c2ccccc2O1. The predicted octanol–water partition coefficient (Wildman–Crippen LogP) is 4.84. The van der Waals surface area contributed by atoms with Crippen LogP contribution in [0.25, 0.3) is 0 Å². The highest BCUT2D eigenvalue weighted by atomic mass is 79.9. The highest BCUT2D eigenvalue weighted by Gasteiger charge is 2.33. The lowest BCUT2D eigenvalue weighted by Crippen LogP contribution is -2.39. The molecule has 1 N–H and O–H groups in total. The van der Waals surface area contributed by atoms with Gasteiger partial charge in [0.15, 0.2) is 0 Å². The van der Waals surface area contributed by atoms with Gasteiger partial charge in [0, 0.05) is 29.0 Å². The minimum absolute atomic E-state index is 0.139. The summed E-state index contributed by atoms with van der Waals surface area (Å²) in [6.07, 6.45) is 0.967. The van der Waals surface area contributed by atoms with Crippen molar-refractivity contribution in [2.45, 2.75) is 38.5 Å². The summed E-state index contributed by atoms with van der Waals surface area (Å²) in [5, 5.41) is 3.68. The summed E-state index contributed by atoms with van der Waals surface area (Å²) in [6, 6.07) is 17.0. The molecule has 0 saturated heterocycles. The number of benzene rings is 2. The molecular formula is C18H20BrNO. The van der Waals surface area contributed by atoms with Gasteiger partial charge in [-0.1, -0.05) is 52.3 Å². The van der Waals surface area contributed by atoms with E-state index in [2.05, 4.69) is 71.5 Å². The van der Waals surface area contributed by atoms with E-state index >= 15 is 0 Å². The third-order valence-corrected chi connectivity index (χ3v) is 4.65. The Morgan fingerprint density at radius 1 is 1.14 bits per heavy atom. The molecule has 0 fully saturated rings. The fourth-order valence-corrected chi connectivity index (χ4v) is 3.28. The number of rotatable bonds is 3. The molecule has 0 aromatic heterocycles. The van der Waals surface area contributed by atoms with Crippen LogP contribution in [0.4, 0.5) is 0 Å². The van der Waals surface area contributed by atoms with Crippen LogP contribution in [0.5, 0.6) is 5.75 Å². The van der Waals surface area contributed by atoms with E-state index in [1.165, 1.54) is 11.1 Å². The topological polar surface area (TPSA) is 21.3 Å². The van der Waals surface area contributed by atoms with E-state index < -0.39 is 0 Å². The van der Waals surface area contributed by atoms with E-state index in [4.69, 9.17) is 4.74 Å². The zero-order valence-corrected chi connectivity index (χ0v) is 14.0. The summed E-state index contributed by atoms with van der Waals surface area (Å²) >= 11 is 3.61. The van der Waals surface area contributed by atoms with Gasteiger partial charge in [0.1, 0.15) is 11.4 Å². The van der Waals surface area contributed by atoms with Gasteiger partial charge in [-0.15, -0.1) is 0 Å². The lowest BCUT2D eigenvalue weighted by Gasteiger charge is -2.38. The Balaban J connectivity index is 1.80. The van der Waals surface area contributed by atoms with E-state index in [0.29, 0.717) is 6.04 Å². The molecule has 21 heavy (non-hydrogen) atoms. The number of para-hydroxylation sites is 1. The van der Waals surface area contributed by atoms with Crippen molar-refractivity contribution in [3.8, 4) is 5.75 Å². The Bertz CT molecular complexity index is 639. The van der Waals surface area contributed by atoms with Crippen LogP contribution in [-0.2, 0) is 6.54 Å². The van der Waals surface area contributed by atoms with Crippen molar-refractivity contribution < 1.29 is 4.74 Å². The highest BCUT2D eigenvalue weighted by molar-refractivity contribution is 9.10. The minimum atomic E-state index is -0.139. The fourth-order valence-electron chi connectivity index (χ4n) is 2.86.